The van der Waals surface area contributed by atoms with Gasteiger partial charge in [0, 0.05) is 52.4 Å². The third-order valence-electron chi connectivity index (χ3n) is 6.55. The number of aliphatic imine (C=N–C) groups is 1. The van der Waals surface area contributed by atoms with Gasteiger partial charge in [0.1, 0.15) is 0 Å². The summed E-state index contributed by atoms with van der Waals surface area (Å²) >= 11 is 0. The number of hydrogen-bond acceptors (Lipinski definition) is 4. The molecule has 3 atom stereocenters. The molecular weight excluding hydrogens is 459 g/mol. The van der Waals surface area contributed by atoms with E-state index in [0.717, 1.165) is 50.0 Å². The summed E-state index contributed by atoms with van der Waals surface area (Å²) in [5, 5.41) is 5.84. The number of fused-ring (bicyclic) bond motifs is 2. The number of urea groups is 1. The standard InChI is InChI=1S/C18H30N6O2.HI/c1-19-17(20-4-5-24-16(25)12-21-18(24)26)23-8-6-22(7-9-23)15-11-13-2-3-14(15)10-13;/h13-15H,2-12H2,1H3,(H,19,20)(H,21,26);1H. The van der Waals surface area contributed by atoms with Crippen molar-refractivity contribution in [3.8, 4) is 0 Å². The molecule has 9 heteroatoms. The Morgan fingerprint density at radius 3 is 2.52 bits per heavy atom. The highest BCUT2D eigenvalue weighted by atomic mass is 127. The number of nitrogens with one attached hydrogen (secondary N) is 2. The fourth-order valence-electron chi connectivity index (χ4n) is 5.22. The van der Waals surface area contributed by atoms with Gasteiger partial charge >= 0.3 is 6.03 Å². The van der Waals surface area contributed by atoms with Gasteiger partial charge in [-0.2, -0.15) is 0 Å². The van der Waals surface area contributed by atoms with Crippen molar-refractivity contribution < 1.29 is 9.59 Å². The molecule has 2 heterocycles. The SMILES string of the molecule is CN=C(NCCN1C(=O)CNC1=O)N1CCN(C2CC3CCC2C3)CC1.I. The molecule has 2 N–H and O–H groups in total. The van der Waals surface area contributed by atoms with Gasteiger partial charge in [0.2, 0.25) is 5.91 Å². The molecule has 8 nitrogen and oxygen atoms in total. The number of rotatable bonds is 4. The zero-order valence-corrected chi connectivity index (χ0v) is 18.4. The van der Waals surface area contributed by atoms with E-state index < -0.39 is 0 Å². The molecule has 4 rings (SSSR count). The second-order valence-electron chi connectivity index (χ2n) is 7.94. The lowest BCUT2D eigenvalue weighted by Gasteiger charge is -2.42. The van der Waals surface area contributed by atoms with E-state index in [4.69, 9.17) is 0 Å². The number of hydrogen-bond donors (Lipinski definition) is 2. The summed E-state index contributed by atoms with van der Waals surface area (Å²) < 4.78 is 0. The minimum Gasteiger partial charge on any atom is -0.354 e. The first-order valence-electron chi connectivity index (χ1n) is 9.93. The summed E-state index contributed by atoms with van der Waals surface area (Å²) in [6.45, 7) is 5.17. The van der Waals surface area contributed by atoms with Crippen LogP contribution in [0.25, 0.3) is 0 Å². The fourth-order valence-corrected chi connectivity index (χ4v) is 5.22. The molecule has 2 saturated heterocycles. The van der Waals surface area contributed by atoms with Crippen molar-refractivity contribution in [1.29, 1.82) is 0 Å². The van der Waals surface area contributed by atoms with E-state index in [2.05, 4.69) is 25.4 Å². The van der Waals surface area contributed by atoms with Crippen LogP contribution >= 0.6 is 24.0 Å². The van der Waals surface area contributed by atoms with E-state index in [1.165, 1.54) is 30.6 Å². The van der Waals surface area contributed by atoms with Gasteiger partial charge in [0.05, 0.1) is 6.54 Å². The Kier molecular flexibility index (Phi) is 6.83. The maximum Gasteiger partial charge on any atom is 0.324 e. The predicted octanol–water partition coefficient (Wildman–Crippen LogP) is 0.538. The number of imide groups is 1. The Hall–Kier alpha value is -1.10. The Labute approximate surface area is 178 Å². The monoisotopic (exact) mass is 490 g/mol. The van der Waals surface area contributed by atoms with Crippen molar-refractivity contribution in [3.63, 3.8) is 0 Å². The highest BCUT2D eigenvalue weighted by molar-refractivity contribution is 14.0. The van der Waals surface area contributed by atoms with E-state index in [1.54, 1.807) is 7.05 Å². The number of carbonyl (C=O) groups is 2. The minimum atomic E-state index is -0.300. The van der Waals surface area contributed by atoms with Gasteiger partial charge in [-0.05, 0) is 31.1 Å². The topological polar surface area (TPSA) is 80.3 Å². The lowest BCUT2D eigenvalue weighted by Crippen LogP contribution is -2.56. The number of amides is 3. The third-order valence-corrected chi connectivity index (χ3v) is 6.55. The molecule has 2 aliphatic heterocycles. The molecule has 2 saturated carbocycles. The van der Waals surface area contributed by atoms with Gasteiger partial charge in [-0.3, -0.25) is 19.6 Å². The molecule has 2 bridgehead atoms. The van der Waals surface area contributed by atoms with Crippen LogP contribution in [0.3, 0.4) is 0 Å². The molecule has 0 aromatic heterocycles. The molecule has 4 aliphatic rings. The van der Waals surface area contributed by atoms with Crippen LogP contribution in [0.1, 0.15) is 25.7 Å². The first kappa shape index (κ1) is 20.6. The normalized spacial score (nSPS) is 31.3. The van der Waals surface area contributed by atoms with Gasteiger partial charge in [-0.1, -0.05) is 6.42 Å². The second kappa shape index (κ2) is 8.93. The first-order valence-corrected chi connectivity index (χ1v) is 9.93. The summed E-state index contributed by atoms with van der Waals surface area (Å²) in [5.74, 6) is 2.63. The summed E-state index contributed by atoms with van der Waals surface area (Å²) in [6, 6.07) is 0.511. The second-order valence-corrected chi connectivity index (χ2v) is 7.94. The van der Waals surface area contributed by atoms with Crippen LogP contribution in [-0.4, -0.2) is 91.5 Å². The van der Waals surface area contributed by atoms with Crippen LogP contribution in [0.15, 0.2) is 4.99 Å². The Bertz CT molecular complexity index is 576. The first-order chi connectivity index (χ1) is 12.7. The number of nitrogens with zero attached hydrogens (tertiary/aromatic N) is 4. The van der Waals surface area contributed by atoms with Crippen molar-refractivity contribution in [2.45, 2.75) is 31.7 Å². The maximum atomic E-state index is 11.6. The largest absolute Gasteiger partial charge is 0.354 e. The van der Waals surface area contributed by atoms with Crippen molar-refractivity contribution >= 4 is 41.9 Å². The molecule has 3 amide bonds. The number of guanidine groups is 1. The quantitative estimate of drug-likeness (QED) is 0.260. The average molecular weight is 490 g/mol. The lowest BCUT2D eigenvalue weighted by atomic mass is 9.93. The molecule has 4 fully saturated rings. The molecule has 27 heavy (non-hydrogen) atoms. The number of halogens is 1. The van der Waals surface area contributed by atoms with Gasteiger partial charge in [-0.15, -0.1) is 24.0 Å². The number of carbonyl (C=O) groups excluding carboxylic acids is 2. The Morgan fingerprint density at radius 1 is 1.19 bits per heavy atom. The molecule has 2 aliphatic carbocycles. The predicted molar refractivity (Wildman–Crippen MR) is 114 cm³/mol. The Balaban J connectivity index is 0.00000210. The average Bonchev–Trinajstić information content (AvgIpc) is 3.37. The molecule has 0 radical (unpaired) electrons. The highest BCUT2D eigenvalue weighted by Gasteiger charge is 2.42. The van der Waals surface area contributed by atoms with E-state index in [-0.39, 0.29) is 42.5 Å². The van der Waals surface area contributed by atoms with Crippen LogP contribution in [0.2, 0.25) is 0 Å². The molecule has 0 aromatic carbocycles. The molecular formula is C18H31IN6O2. The smallest absolute Gasteiger partial charge is 0.324 e. The minimum absolute atomic E-state index is 0. The number of piperazine rings is 1. The zero-order chi connectivity index (χ0) is 18.1. The van der Waals surface area contributed by atoms with Gasteiger partial charge in [0.15, 0.2) is 5.96 Å². The Morgan fingerprint density at radius 2 is 1.96 bits per heavy atom. The lowest BCUT2D eigenvalue weighted by molar-refractivity contribution is -0.124. The van der Waals surface area contributed by atoms with Crippen LogP contribution < -0.4 is 10.6 Å². The van der Waals surface area contributed by atoms with Gasteiger partial charge in [-0.25, -0.2) is 4.79 Å². The van der Waals surface area contributed by atoms with Crippen molar-refractivity contribution in [2.24, 2.45) is 16.8 Å². The molecule has 152 valence electrons. The summed E-state index contributed by atoms with van der Waals surface area (Å²) in [5.41, 5.74) is 0. The van der Waals surface area contributed by atoms with Crippen LogP contribution in [0.5, 0.6) is 0 Å². The zero-order valence-electron chi connectivity index (χ0n) is 16.0. The van der Waals surface area contributed by atoms with E-state index in [1.807, 2.05) is 0 Å². The molecule has 3 unspecified atom stereocenters. The van der Waals surface area contributed by atoms with Crippen molar-refractivity contribution in [1.82, 2.24) is 25.3 Å². The van der Waals surface area contributed by atoms with E-state index in [9.17, 15) is 9.59 Å². The summed E-state index contributed by atoms with van der Waals surface area (Å²) in [7, 11) is 1.79. The van der Waals surface area contributed by atoms with Gasteiger partial charge < -0.3 is 15.5 Å². The van der Waals surface area contributed by atoms with Crippen LogP contribution in [-0.2, 0) is 4.79 Å². The van der Waals surface area contributed by atoms with Crippen LogP contribution in [0, 0.1) is 11.8 Å². The summed E-state index contributed by atoms with van der Waals surface area (Å²) in [6.07, 6.45) is 5.75. The van der Waals surface area contributed by atoms with Crippen molar-refractivity contribution in [2.75, 3.05) is 52.9 Å². The van der Waals surface area contributed by atoms with E-state index in [0.29, 0.717) is 13.1 Å². The van der Waals surface area contributed by atoms with E-state index >= 15 is 0 Å². The maximum absolute atomic E-state index is 11.6. The molecule has 0 aromatic rings. The van der Waals surface area contributed by atoms with Crippen molar-refractivity contribution in [3.05, 3.63) is 0 Å². The van der Waals surface area contributed by atoms with Gasteiger partial charge in [0.25, 0.3) is 0 Å². The highest BCUT2D eigenvalue weighted by Crippen LogP contribution is 2.46. The molecule has 0 spiro atoms. The fraction of sp³-hybridized carbons (Fsp3) is 0.833. The third kappa shape index (κ3) is 4.33. The summed E-state index contributed by atoms with van der Waals surface area (Å²) in [4.78, 5) is 33.8. The van der Waals surface area contributed by atoms with Crippen LogP contribution in [0.4, 0.5) is 4.79 Å².